The van der Waals surface area contributed by atoms with Crippen LogP contribution in [0.25, 0.3) is 0 Å². The normalized spacial score (nSPS) is 23.9. The molecule has 3 aliphatic rings. The monoisotopic (exact) mass is 677 g/mol. The number of aliphatic hydroxyl groups is 1. The molecule has 1 spiro atoms. The van der Waals surface area contributed by atoms with Gasteiger partial charge in [-0.2, -0.15) is 0 Å². The Morgan fingerprint density at radius 3 is 2.53 bits per heavy atom. The number of hydrogen-bond acceptors (Lipinski definition) is 7. The number of benzene rings is 3. The maximum atomic E-state index is 14.8. The third-order valence-electron chi connectivity index (χ3n) is 10.9. The first-order chi connectivity index (χ1) is 23.6. The molecule has 2 fully saturated rings. The average molecular weight is 678 g/mol. The zero-order chi connectivity index (χ0) is 34.5. The highest BCUT2D eigenvalue weighted by molar-refractivity contribution is 6.91. The van der Waals surface area contributed by atoms with Crippen molar-refractivity contribution >= 4 is 36.4 Å². The van der Waals surface area contributed by atoms with Gasteiger partial charge in [-0.3, -0.25) is 14.3 Å². The van der Waals surface area contributed by atoms with Crippen molar-refractivity contribution in [1.82, 2.24) is 15.0 Å². The Hall–Kier alpha value is -4.58. The molecule has 4 heterocycles. The maximum absolute atomic E-state index is 14.8. The van der Waals surface area contributed by atoms with Gasteiger partial charge in [0.1, 0.15) is 17.5 Å². The molecule has 3 aromatic carbocycles. The van der Waals surface area contributed by atoms with Gasteiger partial charge in [-0.05, 0) is 47.9 Å². The number of nitrogens with zero attached hydrogens (tertiary/aromatic N) is 5. The van der Waals surface area contributed by atoms with Crippen LogP contribution in [0.4, 0.5) is 11.4 Å². The van der Waals surface area contributed by atoms with E-state index in [0.717, 1.165) is 28.3 Å². The lowest BCUT2D eigenvalue weighted by Crippen LogP contribution is -2.52. The third kappa shape index (κ3) is 5.40. The number of aryl methyl sites for hydroxylation is 1. The van der Waals surface area contributed by atoms with Gasteiger partial charge in [-0.15, -0.1) is 11.7 Å². The van der Waals surface area contributed by atoms with Gasteiger partial charge in [0.25, 0.3) is 5.91 Å². The smallest absolute Gasteiger partial charge is 0.264 e. The number of rotatable bonds is 11. The highest BCUT2D eigenvalue weighted by Crippen LogP contribution is 2.60. The van der Waals surface area contributed by atoms with Crippen LogP contribution in [-0.2, 0) is 26.5 Å². The minimum Gasteiger partial charge on any atom is -0.497 e. The van der Waals surface area contributed by atoms with Gasteiger partial charge in [-0.1, -0.05) is 79.0 Å². The number of carbonyl (C=O) groups excluding carboxylic acids is 2. The second-order valence-electron chi connectivity index (χ2n) is 13.9. The van der Waals surface area contributed by atoms with Crippen LogP contribution in [0.2, 0.25) is 18.6 Å². The lowest BCUT2D eigenvalue weighted by molar-refractivity contribution is -0.145. The number of amides is 2. The average Bonchev–Trinajstić information content (AvgIpc) is 3.77. The summed E-state index contributed by atoms with van der Waals surface area (Å²) in [6, 6.07) is 23.6. The van der Waals surface area contributed by atoms with Gasteiger partial charge in [-0.25, -0.2) is 0 Å². The Morgan fingerprint density at radius 1 is 1.12 bits per heavy atom. The fraction of sp³-hybridized carbons (Fsp3) is 0.368. The summed E-state index contributed by atoms with van der Waals surface area (Å²) in [4.78, 5) is 30.8. The van der Waals surface area contributed by atoms with Crippen LogP contribution >= 0.6 is 0 Å². The molecule has 10 nitrogen and oxygen atoms in total. The fourth-order valence-corrected chi connectivity index (χ4v) is 12.3. The molecule has 7 rings (SSSR count). The molecular formula is C38H43N5O5Si. The number of ether oxygens (including phenoxy) is 2. The molecule has 3 aliphatic heterocycles. The minimum atomic E-state index is -2.35. The molecule has 0 saturated carbocycles. The predicted molar refractivity (Wildman–Crippen MR) is 191 cm³/mol. The Morgan fingerprint density at radius 2 is 1.88 bits per heavy atom. The molecule has 5 atom stereocenters. The van der Waals surface area contributed by atoms with Crippen LogP contribution < -0.4 is 19.7 Å². The number of carbonyl (C=O) groups is 2. The highest BCUT2D eigenvalue weighted by Gasteiger charge is 2.66. The summed E-state index contributed by atoms with van der Waals surface area (Å²) in [5.41, 5.74) is 2.42. The van der Waals surface area contributed by atoms with E-state index in [-0.39, 0.29) is 29.4 Å². The van der Waals surface area contributed by atoms with Gasteiger partial charge in [0.15, 0.2) is 5.60 Å². The highest BCUT2D eigenvalue weighted by atomic mass is 28.3. The molecule has 0 unspecified atom stereocenters. The predicted octanol–water partition coefficient (Wildman–Crippen LogP) is 4.94. The summed E-state index contributed by atoms with van der Waals surface area (Å²) in [6.07, 6.45) is 3.46. The first kappa shape index (κ1) is 32.9. The van der Waals surface area contributed by atoms with Gasteiger partial charge in [0.2, 0.25) is 5.91 Å². The Bertz CT molecular complexity index is 1880. The molecule has 4 aromatic rings. The number of β-lactam (4-membered cyclic amide) rings is 1. The molecule has 0 radical (unpaired) electrons. The molecule has 2 saturated heterocycles. The molecule has 254 valence electrons. The van der Waals surface area contributed by atoms with Crippen LogP contribution in [0.3, 0.4) is 0 Å². The first-order valence-electron chi connectivity index (χ1n) is 16.9. The van der Waals surface area contributed by atoms with E-state index < -0.39 is 19.8 Å². The van der Waals surface area contributed by atoms with Crippen LogP contribution in [-0.4, -0.2) is 66.3 Å². The number of hydrogen-bond donors (Lipinski definition) is 1. The van der Waals surface area contributed by atoms with Crippen LogP contribution in [0.5, 0.6) is 5.75 Å². The summed E-state index contributed by atoms with van der Waals surface area (Å²) in [5, 5.41) is 20.8. The number of aliphatic hydroxyl groups excluding tert-OH is 1. The summed E-state index contributed by atoms with van der Waals surface area (Å²) in [6.45, 7) is 12.3. The Balaban J connectivity index is 1.27. The van der Waals surface area contributed by atoms with E-state index in [0.29, 0.717) is 38.2 Å². The molecule has 11 heteroatoms. The zero-order valence-electron chi connectivity index (χ0n) is 28.5. The van der Waals surface area contributed by atoms with Gasteiger partial charge >= 0.3 is 0 Å². The van der Waals surface area contributed by atoms with Crippen molar-refractivity contribution in [3.8, 4) is 5.75 Å². The van der Waals surface area contributed by atoms with E-state index in [1.807, 2.05) is 60.7 Å². The van der Waals surface area contributed by atoms with E-state index in [1.54, 1.807) is 33.9 Å². The molecule has 49 heavy (non-hydrogen) atoms. The molecule has 1 N–H and O–H groups in total. The third-order valence-corrected chi connectivity index (χ3v) is 15.2. The topological polar surface area (TPSA) is 110 Å². The van der Waals surface area contributed by atoms with Crippen LogP contribution in [0.1, 0.15) is 42.7 Å². The molecular weight excluding hydrogens is 635 g/mol. The van der Waals surface area contributed by atoms with E-state index >= 15 is 0 Å². The maximum Gasteiger partial charge on any atom is 0.264 e. The number of methoxy groups -OCH3 is 1. The second kappa shape index (κ2) is 12.7. The van der Waals surface area contributed by atoms with E-state index in [2.05, 4.69) is 49.0 Å². The lowest BCUT2D eigenvalue weighted by Gasteiger charge is -2.37. The van der Waals surface area contributed by atoms with E-state index in [9.17, 15) is 14.7 Å². The summed E-state index contributed by atoms with van der Waals surface area (Å²) < 4.78 is 14.5. The van der Waals surface area contributed by atoms with Crippen LogP contribution in [0, 0.1) is 5.92 Å². The van der Waals surface area contributed by atoms with Crippen molar-refractivity contribution in [3.05, 3.63) is 108 Å². The SMILES string of the molecule is C=CCN1C(=O)[C@@]2(O[C@@H](CCn3cc([C@H](O)c4ccccc4)nn3)[C@H]([Si](C)(C)c3ccc(OC)cc3)[C@H]2C)c2cc(N3CCC3=O)ccc21. The van der Waals surface area contributed by atoms with Crippen molar-refractivity contribution in [3.63, 3.8) is 0 Å². The van der Waals surface area contributed by atoms with Gasteiger partial charge < -0.3 is 24.4 Å². The Labute approximate surface area is 288 Å². The number of anilines is 2. The van der Waals surface area contributed by atoms with E-state index in [1.165, 1.54) is 5.19 Å². The van der Waals surface area contributed by atoms with Crippen molar-refractivity contribution in [1.29, 1.82) is 0 Å². The number of aromatic nitrogens is 3. The van der Waals surface area contributed by atoms with Crippen molar-refractivity contribution in [2.45, 2.75) is 62.8 Å². The number of fused-ring (bicyclic) bond motifs is 2. The second-order valence-corrected chi connectivity index (χ2v) is 18.6. The van der Waals surface area contributed by atoms with Crippen molar-refractivity contribution < 1.29 is 24.2 Å². The quantitative estimate of drug-likeness (QED) is 0.136. The largest absolute Gasteiger partial charge is 0.497 e. The summed E-state index contributed by atoms with van der Waals surface area (Å²) >= 11 is 0. The van der Waals surface area contributed by atoms with Crippen LogP contribution in [0.15, 0.2) is 91.6 Å². The summed E-state index contributed by atoms with van der Waals surface area (Å²) in [7, 11) is -0.686. The summed E-state index contributed by atoms with van der Waals surface area (Å²) in [5.74, 6) is 0.596. The first-order valence-corrected chi connectivity index (χ1v) is 20.0. The Kier molecular flexibility index (Phi) is 8.54. The van der Waals surface area contributed by atoms with Gasteiger partial charge in [0.05, 0.1) is 33.2 Å². The molecule has 0 bridgehead atoms. The molecule has 1 aromatic heterocycles. The molecule has 2 amide bonds. The fourth-order valence-electron chi connectivity index (χ4n) is 8.25. The standard InChI is InChI=1S/C38H43N5O5Si/c1-6-20-43-32-17-12-27(42-22-19-34(42)44)23-30(32)38(37(43)46)25(2)36(49(4,5)29-15-13-28(47-3)14-16-29)33(48-38)18-21-41-24-31(39-40-41)35(45)26-10-8-7-9-11-26/h6-17,23-25,33,35-36,45H,1,18-22H2,2-5H3/t25-,33+,35-,36-,38+/m1/s1. The lowest BCUT2D eigenvalue weighted by atomic mass is 9.82. The van der Waals surface area contributed by atoms with E-state index in [4.69, 9.17) is 9.47 Å². The van der Waals surface area contributed by atoms with Crippen molar-refractivity contribution in [2.24, 2.45) is 5.92 Å². The zero-order valence-corrected chi connectivity index (χ0v) is 29.5. The molecule has 0 aliphatic carbocycles. The van der Waals surface area contributed by atoms with Crippen molar-refractivity contribution in [2.75, 3.05) is 30.0 Å². The van der Waals surface area contributed by atoms with Gasteiger partial charge in [0, 0.05) is 43.2 Å². The minimum absolute atomic E-state index is 0.0357.